The molecule has 0 aromatic carbocycles. The van der Waals surface area contributed by atoms with E-state index in [4.69, 9.17) is 0 Å². The zero-order valence-corrected chi connectivity index (χ0v) is 7.05. The molecule has 58 valence electrons. The molecule has 0 aromatic heterocycles. The Bertz CT molecular complexity index is 136. The molecule has 0 radical (unpaired) electrons. The Morgan fingerprint density at radius 3 is 2.40 bits per heavy atom. The van der Waals surface area contributed by atoms with Crippen LogP contribution in [0.5, 0.6) is 0 Å². The molecule has 0 spiro atoms. The van der Waals surface area contributed by atoms with Crippen molar-refractivity contribution in [1.82, 2.24) is 5.32 Å². The number of rotatable bonds is 3. The minimum absolute atomic E-state index is 0.482. The SMILES string of the molecule is C/N=N\C=C(/NC)C(C)C. The van der Waals surface area contributed by atoms with Crippen LogP contribution in [0.2, 0.25) is 0 Å². The normalized spacial score (nSPS) is 13.1. The summed E-state index contributed by atoms with van der Waals surface area (Å²) in [6.07, 6.45) is 1.74. The van der Waals surface area contributed by atoms with Crippen molar-refractivity contribution in [3.8, 4) is 0 Å². The average Bonchev–Trinajstić information content (AvgIpc) is 1.89. The van der Waals surface area contributed by atoms with Crippen LogP contribution in [0.3, 0.4) is 0 Å². The lowest BCUT2D eigenvalue weighted by molar-refractivity contribution is 0.694. The van der Waals surface area contributed by atoms with Crippen molar-refractivity contribution in [2.45, 2.75) is 13.8 Å². The number of nitrogens with zero attached hydrogens (tertiary/aromatic N) is 2. The summed E-state index contributed by atoms with van der Waals surface area (Å²) < 4.78 is 0. The molecule has 0 aliphatic heterocycles. The summed E-state index contributed by atoms with van der Waals surface area (Å²) in [6, 6.07) is 0. The summed E-state index contributed by atoms with van der Waals surface area (Å²) in [5, 5.41) is 10.4. The van der Waals surface area contributed by atoms with Gasteiger partial charge in [-0.2, -0.15) is 10.2 Å². The van der Waals surface area contributed by atoms with E-state index in [9.17, 15) is 0 Å². The molecule has 0 saturated heterocycles. The molecule has 0 aromatic rings. The second-order valence-corrected chi connectivity index (χ2v) is 2.30. The second-order valence-electron chi connectivity index (χ2n) is 2.30. The van der Waals surface area contributed by atoms with Gasteiger partial charge in [-0.25, -0.2) is 0 Å². The first-order chi connectivity index (χ1) is 4.72. The predicted octanol–water partition coefficient (Wildman–Crippen LogP) is 1.79. The Labute approximate surface area is 62.2 Å². The van der Waals surface area contributed by atoms with Gasteiger partial charge in [0, 0.05) is 19.8 Å². The van der Waals surface area contributed by atoms with Gasteiger partial charge in [-0.05, 0) is 5.92 Å². The van der Waals surface area contributed by atoms with Crippen LogP contribution in [0.1, 0.15) is 13.8 Å². The van der Waals surface area contributed by atoms with Crippen molar-refractivity contribution < 1.29 is 0 Å². The molecular formula is C7H15N3. The largest absolute Gasteiger partial charge is 0.390 e. The van der Waals surface area contributed by atoms with E-state index in [1.807, 2.05) is 7.05 Å². The zero-order valence-electron chi connectivity index (χ0n) is 7.05. The topological polar surface area (TPSA) is 36.8 Å². The average molecular weight is 141 g/mol. The van der Waals surface area contributed by atoms with Gasteiger partial charge >= 0.3 is 0 Å². The minimum atomic E-state index is 0.482. The summed E-state index contributed by atoms with van der Waals surface area (Å²) in [6.45, 7) is 4.21. The van der Waals surface area contributed by atoms with E-state index < -0.39 is 0 Å². The van der Waals surface area contributed by atoms with Crippen molar-refractivity contribution in [3.05, 3.63) is 11.9 Å². The lowest BCUT2D eigenvalue weighted by Gasteiger charge is -2.07. The van der Waals surface area contributed by atoms with E-state index in [1.165, 1.54) is 0 Å². The lowest BCUT2D eigenvalue weighted by atomic mass is 10.1. The molecule has 1 N–H and O–H groups in total. The first-order valence-corrected chi connectivity index (χ1v) is 3.39. The number of hydrogen-bond acceptors (Lipinski definition) is 3. The third-order valence-corrected chi connectivity index (χ3v) is 1.22. The molecule has 0 aliphatic carbocycles. The van der Waals surface area contributed by atoms with Crippen LogP contribution in [0.15, 0.2) is 22.1 Å². The van der Waals surface area contributed by atoms with Gasteiger partial charge < -0.3 is 5.32 Å². The van der Waals surface area contributed by atoms with Crippen molar-refractivity contribution in [2.24, 2.45) is 16.1 Å². The maximum Gasteiger partial charge on any atom is 0.0683 e. The number of nitrogens with one attached hydrogen (secondary N) is 1. The Morgan fingerprint density at radius 1 is 1.50 bits per heavy atom. The smallest absolute Gasteiger partial charge is 0.0683 e. The highest BCUT2D eigenvalue weighted by Crippen LogP contribution is 2.04. The summed E-state index contributed by atoms with van der Waals surface area (Å²) >= 11 is 0. The van der Waals surface area contributed by atoms with Crippen LogP contribution in [0.4, 0.5) is 0 Å². The Hall–Kier alpha value is -0.860. The number of allylic oxidation sites excluding steroid dienone is 1. The van der Waals surface area contributed by atoms with Crippen LogP contribution in [-0.2, 0) is 0 Å². The summed E-state index contributed by atoms with van der Waals surface area (Å²) in [5.74, 6) is 0.482. The summed E-state index contributed by atoms with van der Waals surface area (Å²) in [4.78, 5) is 0. The molecule has 0 rings (SSSR count). The molecule has 0 aliphatic rings. The fourth-order valence-electron chi connectivity index (χ4n) is 0.622. The molecule has 3 heteroatoms. The van der Waals surface area contributed by atoms with Gasteiger partial charge in [0.2, 0.25) is 0 Å². The quantitative estimate of drug-likeness (QED) is 0.598. The molecule has 0 heterocycles. The van der Waals surface area contributed by atoms with Crippen molar-refractivity contribution >= 4 is 0 Å². The fourth-order valence-corrected chi connectivity index (χ4v) is 0.622. The van der Waals surface area contributed by atoms with Crippen molar-refractivity contribution in [1.29, 1.82) is 0 Å². The van der Waals surface area contributed by atoms with E-state index in [0.717, 1.165) is 5.70 Å². The van der Waals surface area contributed by atoms with Gasteiger partial charge in [-0.1, -0.05) is 13.8 Å². The van der Waals surface area contributed by atoms with Gasteiger partial charge in [-0.15, -0.1) is 0 Å². The third-order valence-electron chi connectivity index (χ3n) is 1.22. The Morgan fingerprint density at radius 2 is 2.10 bits per heavy atom. The van der Waals surface area contributed by atoms with Crippen molar-refractivity contribution in [3.63, 3.8) is 0 Å². The summed E-state index contributed by atoms with van der Waals surface area (Å²) in [5.41, 5.74) is 1.10. The third kappa shape index (κ3) is 3.22. The zero-order chi connectivity index (χ0) is 7.98. The van der Waals surface area contributed by atoms with E-state index in [2.05, 4.69) is 29.4 Å². The highest BCUT2D eigenvalue weighted by molar-refractivity contribution is 4.99. The maximum atomic E-state index is 3.76. The van der Waals surface area contributed by atoms with E-state index in [-0.39, 0.29) is 0 Å². The molecule has 0 bridgehead atoms. The fraction of sp³-hybridized carbons (Fsp3) is 0.714. The van der Waals surface area contributed by atoms with Crippen molar-refractivity contribution in [2.75, 3.05) is 14.1 Å². The molecular weight excluding hydrogens is 126 g/mol. The Kier molecular flexibility index (Phi) is 4.54. The van der Waals surface area contributed by atoms with Crippen LogP contribution in [0, 0.1) is 5.92 Å². The Balaban J connectivity index is 4.04. The first kappa shape index (κ1) is 9.14. The molecule has 0 fully saturated rings. The molecule has 3 nitrogen and oxygen atoms in total. The van der Waals surface area contributed by atoms with Crippen LogP contribution >= 0.6 is 0 Å². The monoisotopic (exact) mass is 141 g/mol. The highest BCUT2D eigenvalue weighted by atomic mass is 15.1. The number of hydrogen-bond donors (Lipinski definition) is 1. The molecule has 10 heavy (non-hydrogen) atoms. The van der Waals surface area contributed by atoms with Gasteiger partial charge in [0.1, 0.15) is 0 Å². The van der Waals surface area contributed by atoms with Crippen LogP contribution in [0.25, 0.3) is 0 Å². The van der Waals surface area contributed by atoms with Gasteiger partial charge in [0.05, 0.1) is 6.20 Å². The molecule has 0 unspecified atom stereocenters. The van der Waals surface area contributed by atoms with E-state index in [0.29, 0.717) is 5.92 Å². The standard InChI is InChI=1S/C7H15N3/c1-6(2)7(8-3)5-10-9-4/h5-6,8H,1-4H3/b7-5-,10-9-. The second kappa shape index (κ2) is 4.97. The van der Waals surface area contributed by atoms with E-state index in [1.54, 1.807) is 13.2 Å². The van der Waals surface area contributed by atoms with Crippen LogP contribution in [-0.4, -0.2) is 14.1 Å². The summed E-state index contributed by atoms with van der Waals surface area (Å²) in [7, 11) is 3.54. The molecule has 0 saturated carbocycles. The van der Waals surface area contributed by atoms with Crippen LogP contribution < -0.4 is 5.32 Å². The first-order valence-electron chi connectivity index (χ1n) is 3.39. The highest BCUT2D eigenvalue weighted by Gasteiger charge is 1.97. The maximum absolute atomic E-state index is 3.76. The molecule has 0 atom stereocenters. The van der Waals surface area contributed by atoms with E-state index >= 15 is 0 Å². The lowest BCUT2D eigenvalue weighted by Crippen LogP contribution is -2.10. The predicted molar refractivity (Wildman–Crippen MR) is 42.8 cm³/mol. The minimum Gasteiger partial charge on any atom is -0.390 e. The number of azo groups is 1. The van der Waals surface area contributed by atoms with Gasteiger partial charge in [0.15, 0.2) is 0 Å². The van der Waals surface area contributed by atoms with Gasteiger partial charge in [0.25, 0.3) is 0 Å². The molecule has 0 amide bonds. The van der Waals surface area contributed by atoms with Gasteiger partial charge in [-0.3, -0.25) is 0 Å².